The Morgan fingerprint density at radius 3 is 2.45 bits per heavy atom. The minimum Gasteiger partial charge on any atom is -0.366 e. The first-order valence-electron chi connectivity index (χ1n) is 8.61. The van der Waals surface area contributed by atoms with Gasteiger partial charge in [-0.2, -0.15) is 0 Å². The van der Waals surface area contributed by atoms with Crippen molar-refractivity contribution < 1.29 is 9.53 Å². The van der Waals surface area contributed by atoms with Crippen molar-refractivity contribution >= 4 is 5.91 Å². The van der Waals surface area contributed by atoms with Crippen LogP contribution in [0.15, 0.2) is 0 Å². The first-order valence-corrected chi connectivity index (χ1v) is 8.61. The van der Waals surface area contributed by atoms with E-state index in [1.54, 1.807) is 0 Å². The second kappa shape index (κ2) is 7.28. The molecule has 3 atom stereocenters. The molecule has 0 saturated carbocycles. The van der Waals surface area contributed by atoms with Crippen molar-refractivity contribution in [2.24, 2.45) is 11.8 Å². The predicted octanol–water partition coefficient (Wildman–Crippen LogP) is 1.19. The van der Waals surface area contributed by atoms with E-state index in [0.29, 0.717) is 19.7 Å². The number of hydrogen-bond acceptors (Lipinski definition) is 4. The van der Waals surface area contributed by atoms with E-state index in [0.717, 1.165) is 31.5 Å². The molecule has 2 aliphatic heterocycles. The van der Waals surface area contributed by atoms with Gasteiger partial charge in [-0.25, -0.2) is 0 Å². The lowest BCUT2D eigenvalue weighted by atomic mass is 9.88. The van der Waals surface area contributed by atoms with Crippen LogP contribution in [0.3, 0.4) is 0 Å². The molecule has 2 heterocycles. The molecule has 0 unspecified atom stereocenters. The first kappa shape index (κ1) is 17.7. The van der Waals surface area contributed by atoms with Gasteiger partial charge >= 0.3 is 0 Å². The Bertz CT molecular complexity index is 376. The molecular weight excluding hydrogens is 278 g/mol. The summed E-state index contributed by atoms with van der Waals surface area (Å²) in [7, 11) is 2.03. The summed E-state index contributed by atoms with van der Waals surface area (Å²) in [5.74, 6) is 1.49. The number of likely N-dealkylation sites (N-methyl/N-ethyl adjacent to an activating group) is 1. The quantitative estimate of drug-likeness (QED) is 0.847. The van der Waals surface area contributed by atoms with Crippen molar-refractivity contribution in [3.8, 4) is 0 Å². The maximum atomic E-state index is 12.3. The van der Waals surface area contributed by atoms with Crippen molar-refractivity contribution in [1.29, 1.82) is 0 Å². The molecule has 1 N–H and O–H groups in total. The van der Waals surface area contributed by atoms with Gasteiger partial charge in [-0.3, -0.25) is 9.69 Å². The lowest BCUT2D eigenvalue weighted by molar-refractivity contribution is -0.138. The Morgan fingerprint density at radius 1 is 1.23 bits per heavy atom. The third kappa shape index (κ3) is 4.67. The Morgan fingerprint density at radius 2 is 1.86 bits per heavy atom. The zero-order valence-corrected chi connectivity index (χ0v) is 14.9. The largest absolute Gasteiger partial charge is 0.366 e. The molecule has 0 aromatic carbocycles. The lowest BCUT2D eigenvalue weighted by Crippen LogP contribution is -2.58. The van der Waals surface area contributed by atoms with E-state index in [2.05, 4.69) is 42.8 Å². The van der Waals surface area contributed by atoms with Crippen molar-refractivity contribution in [2.75, 3.05) is 46.4 Å². The number of ether oxygens (including phenoxy) is 1. The molecule has 0 aromatic rings. The molecule has 0 bridgehead atoms. The Labute approximate surface area is 135 Å². The molecule has 22 heavy (non-hydrogen) atoms. The maximum Gasteiger partial charge on any atom is 0.250 e. The molecule has 0 aliphatic carbocycles. The summed E-state index contributed by atoms with van der Waals surface area (Å²) in [6.07, 6.45) is 0.982. The normalized spacial score (nSPS) is 32.0. The van der Waals surface area contributed by atoms with Crippen LogP contribution in [0.2, 0.25) is 0 Å². The maximum absolute atomic E-state index is 12.3. The van der Waals surface area contributed by atoms with Gasteiger partial charge in [0, 0.05) is 38.3 Å². The fourth-order valence-corrected chi connectivity index (χ4v) is 3.62. The molecule has 0 radical (unpaired) electrons. The fraction of sp³-hybridized carbons (Fsp3) is 0.941. The highest BCUT2D eigenvalue weighted by molar-refractivity contribution is 5.81. The third-order valence-electron chi connectivity index (χ3n) is 4.98. The summed E-state index contributed by atoms with van der Waals surface area (Å²) in [5, 5.41) is 3.11. The monoisotopic (exact) mass is 311 g/mol. The van der Waals surface area contributed by atoms with E-state index in [1.165, 1.54) is 6.42 Å². The van der Waals surface area contributed by atoms with E-state index in [-0.39, 0.29) is 17.6 Å². The van der Waals surface area contributed by atoms with E-state index >= 15 is 0 Å². The van der Waals surface area contributed by atoms with E-state index in [9.17, 15) is 4.79 Å². The third-order valence-corrected chi connectivity index (χ3v) is 4.98. The van der Waals surface area contributed by atoms with Gasteiger partial charge in [0.15, 0.2) is 0 Å². The Kier molecular flexibility index (Phi) is 5.86. The molecule has 128 valence electrons. The fourth-order valence-electron chi connectivity index (χ4n) is 3.62. The van der Waals surface area contributed by atoms with Crippen molar-refractivity contribution in [2.45, 2.75) is 45.8 Å². The molecule has 2 aliphatic rings. The van der Waals surface area contributed by atoms with Gasteiger partial charge in [0.2, 0.25) is 0 Å². The van der Waals surface area contributed by atoms with Crippen LogP contribution in [0.5, 0.6) is 0 Å². The van der Waals surface area contributed by atoms with Crippen LogP contribution in [0.25, 0.3) is 0 Å². The van der Waals surface area contributed by atoms with E-state index in [1.807, 2.05) is 7.05 Å². The molecule has 2 rings (SSSR count). The topological polar surface area (TPSA) is 44.8 Å². The Balaban J connectivity index is 1.84. The molecule has 2 saturated heterocycles. The molecule has 1 amide bonds. The number of nitrogens with zero attached hydrogens (tertiary/aromatic N) is 2. The van der Waals surface area contributed by atoms with Gasteiger partial charge in [-0.15, -0.1) is 0 Å². The molecule has 0 spiro atoms. The molecule has 2 fully saturated rings. The van der Waals surface area contributed by atoms with Crippen molar-refractivity contribution in [1.82, 2.24) is 15.1 Å². The van der Waals surface area contributed by atoms with Crippen LogP contribution in [0.4, 0.5) is 0 Å². The van der Waals surface area contributed by atoms with Crippen LogP contribution in [-0.2, 0) is 9.53 Å². The number of carbonyl (C=O) groups is 1. The number of piperidine rings is 1. The summed E-state index contributed by atoms with van der Waals surface area (Å²) < 4.78 is 5.59. The summed E-state index contributed by atoms with van der Waals surface area (Å²) in [5.41, 5.74) is -0.0147. The first-order chi connectivity index (χ1) is 10.3. The van der Waals surface area contributed by atoms with Crippen LogP contribution >= 0.6 is 0 Å². The number of nitrogens with one attached hydrogen (secondary N) is 1. The highest BCUT2D eigenvalue weighted by Crippen LogP contribution is 2.26. The van der Waals surface area contributed by atoms with E-state index in [4.69, 9.17) is 4.74 Å². The van der Waals surface area contributed by atoms with Crippen LogP contribution in [-0.4, -0.2) is 73.7 Å². The van der Waals surface area contributed by atoms with Gasteiger partial charge in [0.05, 0.1) is 6.61 Å². The number of morpholine rings is 1. The second-order valence-corrected chi connectivity index (χ2v) is 8.00. The van der Waals surface area contributed by atoms with Gasteiger partial charge < -0.3 is 15.0 Å². The van der Waals surface area contributed by atoms with Gasteiger partial charge in [0.1, 0.15) is 6.10 Å². The molecule has 5 heteroatoms. The Hall–Kier alpha value is -0.650. The van der Waals surface area contributed by atoms with Crippen molar-refractivity contribution in [3.05, 3.63) is 0 Å². The van der Waals surface area contributed by atoms with Crippen LogP contribution in [0.1, 0.15) is 34.1 Å². The standard InChI is InChI=1S/C17H33N3O2/c1-13-8-14(2)10-20(9-13)17(3,4)12-18-16(21)15-11-19(5)6-7-22-15/h13-15H,6-12H2,1-5H3,(H,18,21)/t13-,14-,15+/m1/s1. The van der Waals surface area contributed by atoms with Crippen molar-refractivity contribution in [3.63, 3.8) is 0 Å². The number of amides is 1. The minimum atomic E-state index is -0.325. The summed E-state index contributed by atoms with van der Waals surface area (Å²) in [6.45, 7) is 14.2. The number of likely N-dealkylation sites (tertiary alicyclic amines) is 1. The number of rotatable bonds is 4. The smallest absolute Gasteiger partial charge is 0.250 e. The summed E-state index contributed by atoms with van der Waals surface area (Å²) >= 11 is 0. The van der Waals surface area contributed by atoms with E-state index < -0.39 is 0 Å². The average Bonchev–Trinajstić information content (AvgIpc) is 2.44. The minimum absolute atomic E-state index is 0.0147. The predicted molar refractivity (Wildman–Crippen MR) is 88.8 cm³/mol. The summed E-state index contributed by atoms with van der Waals surface area (Å²) in [4.78, 5) is 17.0. The lowest BCUT2D eigenvalue weighted by Gasteiger charge is -2.45. The highest BCUT2D eigenvalue weighted by atomic mass is 16.5. The number of carbonyl (C=O) groups excluding carboxylic acids is 1. The van der Waals surface area contributed by atoms with Gasteiger partial charge in [-0.05, 0) is 39.2 Å². The average molecular weight is 311 g/mol. The number of hydrogen-bond donors (Lipinski definition) is 1. The SMILES string of the molecule is C[C@@H]1C[C@@H](C)CN(C(C)(C)CNC(=O)[C@@H]2CN(C)CCO2)C1. The highest BCUT2D eigenvalue weighted by Gasteiger charge is 2.34. The zero-order valence-electron chi connectivity index (χ0n) is 14.9. The van der Waals surface area contributed by atoms with Crippen LogP contribution in [0, 0.1) is 11.8 Å². The molecule has 5 nitrogen and oxygen atoms in total. The van der Waals surface area contributed by atoms with Crippen LogP contribution < -0.4 is 5.32 Å². The molecule has 0 aromatic heterocycles. The summed E-state index contributed by atoms with van der Waals surface area (Å²) in [6, 6.07) is 0. The zero-order chi connectivity index (χ0) is 16.3. The molecular formula is C17H33N3O2. The second-order valence-electron chi connectivity index (χ2n) is 8.00. The van der Waals surface area contributed by atoms with Gasteiger partial charge in [0.25, 0.3) is 5.91 Å². The van der Waals surface area contributed by atoms with Gasteiger partial charge in [-0.1, -0.05) is 13.8 Å².